The van der Waals surface area contributed by atoms with Crippen molar-refractivity contribution in [1.29, 1.82) is 0 Å². The van der Waals surface area contributed by atoms with E-state index in [-0.39, 0.29) is 48.6 Å². The van der Waals surface area contributed by atoms with E-state index in [1.165, 1.54) is 0 Å². The van der Waals surface area contributed by atoms with E-state index in [9.17, 15) is 18.0 Å². The van der Waals surface area contributed by atoms with E-state index in [2.05, 4.69) is 21.2 Å². The van der Waals surface area contributed by atoms with E-state index in [0.717, 1.165) is 5.56 Å². The first-order valence-corrected chi connectivity index (χ1v) is 10.6. The number of nitrogens with zero attached hydrogens (tertiary/aromatic N) is 1. The summed E-state index contributed by atoms with van der Waals surface area (Å²) in [7, 11) is -3.01. The minimum Gasteiger partial charge on any atom is -0.444 e. The average Bonchev–Trinajstić information content (AvgIpc) is 3.03. The number of carbonyl (C=O) groups excluding carboxylic acids is 2. The first kappa shape index (κ1) is 18.7. The number of nitrogens with one attached hydrogen (secondary N) is 1. The van der Waals surface area contributed by atoms with Gasteiger partial charge in [0, 0.05) is 18.8 Å². The van der Waals surface area contributed by atoms with Gasteiger partial charge in [0.2, 0.25) is 5.91 Å². The minimum atomic E-state index is -3.01. The molecule has 9 heteroatoms. The van der Waals surface area contributed by atoms with Crippen LogP contribution in [0, 0.1) is 0 Å². The van der Waals surface area contributed by atoms with Gasteiger partial charge in [0.15, 0.2) is 20.3 Å². The maximum atomic E-state index is 12.3. The molecule has 1 aliphatic heterocycles. The third-order valence-electron chi connectivity index (χ3n) is 4.06. The number of anilines is 1. The molecule has 3 rings (SSSR count). The van der Waals surface area contributed by atoms with Gasteiger partial charge < -0.3 is 14.6 Å². The van der Waals surface area contributed by atoms with Crippen molar-refractivity contribution < 1.29 is 22.4 Å². The average molecular weight is 441 g/mol. The summed E-state index contributed by atoms with van der Waals surface area (Å²) in [5.74, 6) is -0.235. The van der Waals surface area contributed by atoms with Crippen molar-refractivity contribution in [3.8, 4) is 0 Å². The summed E-state index contributed by atoms with van der Waals surface area (Å²) in [6, 6.07) is 10.1. The smallest absolute Gasteiger partial charge is 0.291 e. The SMILES string of the molecule is O=C(Nc1ccc(CC(=O)N2CCS(=O)(=O)CC2)cc1)c1ccc(Br)o1. The van der Waals surface area contributed by atoms with Gasteiger partial charge in [-0.15, -0.1) is 0 Å². The zero-order valence-corrected chi connectivity index (χ0v) is 16.2. The lowest BCUT2D eigenvalue weighted by Gasteiger charge is -2.26. The zero-order valence-electron chi connectivity index (χ0n) is 13.8. The summed E-state index contributed by atoms with van der Waals surface area (Å²) in [5, 5.41) is 2.71. The van der Waals surface area contributed by atoms with E-state index < -0.39 is 9.84 Å². The van der Waals surface area contributed by atoms with Gasteiger partial charge in [-0.2, -0.15) is 0 Å². The van der Waals surface area contributed by atoms with E-state index in [1.807, 2.05) is 0 Å². The number of amides is 2. The van der Waals surface area contributed by atoms with Crippen LogP contribution in [-0.4, -0.2) is 49.7 Å². The Kier molecular flexibility index (Phi) is 5.47. The molecule has 0 aliphatic carbocycles. The standard InChI is InChI=1S/C17H17BrN2O5S/c18-15-6-5-14(25-15)17(22)19-13-3-1-12(2-4-13)11-16(21)20-7-9-26(23,24)10-8-20/h1-6H,7-11H2,(H,19,22). The van der Waals surface area contributed by atoms with E-state index in [4.69, 9.17) is 4.42 Å². The molecule has 1 aliphatic rings. The predicted molar refractivity (Wildman–Crippen MR) is 99.7 cm³/mol. The molecule has 0 atom stereocenters. The third kappa shape index (κ3) is 4.73. The van der Waals surface area contributed by atoms with E-state index in [0.29, 0.717) is 10.4 Å². The van der Waals surface area contributed by atoms with Crippen LogP contribution in [0.3, 0.4) is 0 Å². The van der Waals surface area contributed by atoms with Crippen LogP contribution in [0.25, 0.3) is 0 Å². The number of hydrogen-bond donors (Lipinski definition) is 1. The molecule has 138 valence electrons. The van der Waals surface area contributed by atoms with Crippen LogP contribution in [0.15, 0.2) is 45.5 Å². The highest BCUT2D eigenvalue weighted by molar-refractivity contribution is 9.10. The second-order valence-electron chi connectivity index (χ2n) is 5.96. The zero-order chi connectivity index (χ0) is 18.7. The molecule has 2 aromatic rings. The Labute approximate surface area is 159 Å². The van der Waals surface area contributed by atoms with E-state index in [1.54, 1.807) is 41.3 Å². The molecule has 2 heterocycles. The lowest BCUT2D eigenvalue weighted by atomic mass is 10.1. The molecular weight excluding hydrogens is 424 g/mol. The summed E-state index contributed by atoms with van der Waals surface area (Å²) in [6.45, 7) is 0.488. The van der Waals surface area contributed by atoms with Gasteiger partial charge in [0.05, 0.1) is 17.9 Å². The van der Waals surface area contributed by atoms with Gasteiger partial charge >= 0.3 is 0 Å². The van der Waals surface area contributed by atoms with Gasteiger partial charge in [-0.25, -0.2) is 8.42 Å². The fourth-order valence-electron chi connectivity index (χ4n) is 2.58. The monoisotopic (exact) mass is 440 g/mol. The molecule has 0 radical (unpaired) electrons. The van der Waals surface area contributed by atoms with Crippen molar-refractivity contribution in [3.63, 3.8) is 0 Å². The summed E-state index contributed by atoms with van der Waals surface area (Å²) in [6.07, 6.45) is 0.194. The predicted octanol–water partition coefficient (Wildman–Crippen LogP) is 2.09. The third-order valence-corrected chi connectivity index (χ3v) is 6.10. The number of rotatable bonds is 4. The lowest BCUT2D eigenvalue weighted by molar-refractivity contribution is -0.130. The van der Waals surface area contributed by atoms with Gasteiger partial charge in [-0.05, 0) is 45.8 Å². The fraction of sp³-hybridized carbons (Fsp3) is 0.294. The number of hydrogen-bond acceptors (Lipinski definition) is 5. The maximum Gasteiger partial charge on any atom is 0.291 e. The number of sulfone groups is 1. The van der Waals surface area contributed by atoms with Gasteiger partial charge in [0.25, 0.3) is 5.91 Å². The molecule has 1 N–H and O–H groups in total. The molecule has 1 aromatic heterocycles. The van der Waals surface area contributed by atoms with Crippen molar-refractivity contribution in [3.05, 3.63) is 52.4 Å². The summed E-state index contributed by atoms with van der Waals surface area (Å²) in [4.78, 5) is 25.9. The van der Waals surface area contributed by atoms with Crippen LogP contribution in [0.5, 0.6) is 0 Å². The highest BCUT2D eigenvalue weighted by Gasteiger charge is 2.24. The molecule has 1 saturated heterocycles. The highest BCUT2D eigenvalue weighted by atomic mass is 79.9. The fourth-order valence-corrected chi connectivity index (χ4v) is 4.09. The van der Waals surface area contributed by atoms with Crippen LogP contribution in [0.4, 0.5) is 5.69 Å². The highest BCUT2D eigenvalue weighted by Crippen LogP contribution is 2.17. The topological polar surface area (TPSA) is 96.7 Å². The van der Waals surface area contributed by atoms with Crippen molar-refractivity contribution in [2.75, 3.05) is 29.9 Å². The molecule has 26 heavy (non-hydrogen) atoms. The first-order valence-electron chi connectivity index (χ1n) is 7.96. The molecule has 0 unspecified atom stereocenters. The van der Waals surface area contributed by atoms with E-state index >= 15 is 0 Å². The second-order valence-corrected chi connectivity index (χ2v) is 9.05. The van der Waals surface area contributed by atoms with Crippen molar-refractivity contribution in [2.45, 2.75) is 6.42 Å². The van der Waals surface area contributed by atoms with Gasteiger partial charge in [-0.1, -0.05) is 12.1 Å². The van der Waals surface area contributed by atoms with Crippen LogP contribution in [-0.2, 0) is 21.1 Å². The Bertz CT molecular complexity index is 907. The van der Waals surface area contributed by atoms with Gasteiger partial charge in [-0.3, -0.25) is 9.59 Å². The molecule has 0 bridgehead atoms. The Balaban J connectivity index is 1.56. The van der Waals surface area contributed by atoms with Crippen LogP contribution < -0.4 is 5.32 Å². The minimum absolute atomic E-state index is 0.0204. The summed E-state index contributed by atoms with van der Waals surface area (Å²) >= 11 is 3.14. The molecule has 2 amide bonds. The Morgan fingerprint density at radius 2 is 1.73 bits per heavy atom. The normalized spacial score (nSPS) is 16.3. The largest absolute Gasteiger partial charge is 0.444 e. The van der Waals surface area contributed by atoms with Crippen LogP contribution in [0.1, 0.15) is 16.1 Å². The first-order chi connectivity index (χ1) is 12.3. The maximum absolute atomic E-state index is 12.3. The van der Waals surface area contributed by atoms with Crippen LogP contribution in [0.2, 0.25) is 0 Å². The Morgan fingerprint density at radius 3 is 2.31 bits per heavy atom. The molecule has 0 spiro atoms. The number of furan rings is 1. The van der Waals surface area contributed by atoms with Gasteiger partial charge in [0.1, 0.15) is 0 Å². The second kappa shape index (κ2) is 7.63. The van der Waals surface area contributed by atoms with Crippen molar-refractivity contribution in [1.82, 2.24) is 4.90 Å². The number of halogens is 1. The Morgan fingerprint density at radius 1 is 1.08 bits per heavy atom. The van der Waals surface area contributed by atoms with Crippen molar-refractivity contribution >= 4 is 43.3 Å². The lowest BCUT2D eigenvalue weighted by Crippen LogP contribution is -2.44. The molecule has 1 aromatic carbocycles. The molecule has 7 nitrogen and oxygen atoms in total. The quantitative estimate of drug-likeness (QED) is 0.784. The van der Waals surface area contributed by atoms with Crippen molar-refractivity contribution in [2.24, 2.45) is 0 Å². The van der Waals surface area contributed by atoms with Crippen LogP contribution >= 0.6 is 15.9 Å². The summed E-state index contributed by atoms with van der Waals surface area (Å²) in [5.41, 5.74) is 1.38. The summed E-state index contributed by atoms with van der Waals surface area (Å²) < 4.78 is 28.5. The number of benzene rings is 1. The Hall–Kier alpha value is -2.13. The molecular formula is C17H17BrN2O5S. The number of carbonyl (C=O) groups is 2. The molecule has 1 fully saturated rings. The molecule has 0 saturated carbocycles.